The first-order valence-electron chi connectivity index (χ1n) is 9.76. The number of hydrogen-bond donors (Lipinski definition) is 2. The lowest BCUT2D eigenvalue weighted by Gasteiger charge is -2.27. The van der Waals surface area contributed by atoms with Gasteiger partial charge in [-0.25, -0.2) is 0 Å². The number of fused-ring (bicyclic) bond motifs is 3. The molecule has 28 heavy (non-hydrogen) atoms. The molecule has 0 saturated carbocycles. The predicted octanol–water partition coefficient (Wildman–Crippen LogP) is 5.06. The van der Waals surface area contributed by atoms with E-state index >= 15 is 0 Å². The van der Waals surface area contributed by atoms with Crippen LogP contribution in [0.5, 0.6) is 5.75 Å². The first-order chi connectivity index (χ1) is 13.8. The minimum Gasteiger partial charge on any atom is -0.489 e. The molecule has 0 spiro atoms. The summed E-state index contributed by atoms with van der Waals surface area (Å²) in [5.41, 5.74) is 4.30. The molecular weight excluding hydrogens is 368 g/mol. The van der Waals surface area contributed by atoms with Crippen molar-refractivity contribution < 1.29 is 9.53 Å². The number of ether oxygens (including phenoxy) is 1. The Morgan fingerprint density at radius 1 is 0.964 bits per heavy atom. The summed E-state index contributed by atoms with van der Waals surface area (Å²) in [5, 5.41) is 7.66. The lowest BCUT2D eigenvalue weighted by Crippen LogP contribution is -2.38. The highest BCUT2D eigenvalue weighted by atomic mass is 32.1. The molecule has 1 atom stereocenters. The van der Waals surface area contributed by atoms with E-state index in [0.29, 0.717) is 6.61 Å². The summed E-state index contributed by atoms with van der Waals surface area (Å²) in [6.07, 6.45) is 4.32. The lowest BCUT2D eigenvalue weighted by atomic mass is 9.94. The van der Waals surface area contributed by atoms with Crippen LogP contribution in [0.3, 0.4) is 0 Å². The van der Waals surface area contributed by atoms with Crippen molar-refractivity contribution in [2.75, 3.05) is 5.32 Å². The van der Waals surface area contributed by atoms with Gasteiger partial charge in [0.25, 0.3) is 5.91 Å². The quantitative estimate of drug-likeness (QED) is 0.655. The fourth-order valence-electron chi connectivity index (χ4n) is 3.94. The minimum atomic E-state index is -0.205. The van der Waals surface area contributed by atoms with Crippen molar-refractivity contribution in [2.24, 2.45) is 0 Å². The Hall–Kier alpha value is -2.79. The summed E-state index contributed by atoms with van der Waals surface area (Å²) >= 11 is 1.75. The van der Waals surface area contributed by atoms with Gasteiger partial charge in [-0.2, -0.15) is 0 Å². The maximum Gasteiger partial charge on any atom is 0.256 e. The monoisotopic (exact) mass is 390 g/mol. The summed E-state index contributed by atoms with van der Waals surface area (Å²) in [6, 6.07) is 18.1. The molecule has 3 aromatic rings. The third-order valence-electron chi connectivity index (χ3n) is 5.41. The molecule has 2 aromatic carbocycles. The molecule has 1 aliphatic heterocycles. The zero-order chi connectivity index (χ0) is 18.9. The highest BCUT2D eigenvalue weighted by Crippen LogP contribution is 2.41. The number of nitrogens with one attached hydrogen (secondary N) is 2. The molecule has 5 heteroatoms. The Bertz CT molecular complexity index is 995. The van der Waals surface area contributed by atoms with Crippen molar-refractivity contribution >= 4 is 22.2 Å². The van der Waals surface area contributed by atoms with Crippen molar-refractivity contribution in [2.45, 2.75) is 38.5 Å². The van der Waals surface area contributed by atoms with E-state index in [9.17, 15) is 4.79 Å². The second-order valence-corrected chi connectivity index (χ2v) is 8.41. The van der Waals surface area contributed by atoms with Crippen LogP contribution in [0.2, 0.25) is 0 Å². The van der Waals surface area contributed by atoms with E-state index in [1.54, 1.807) is 11.3 Å². The largest absolute Gasteiger partial charge is 0.489 e. The zero-order valence-electron chi connectivity index (χ0n) is 15.5. The van der Waals surface area contributed by atoms with Gasteiger partial charge in [0, 0.05) is 4.88 Å². The zero-order valence-corrected chi connectivity index (χ0v) is 16.4. The second-order valence-electron chi connectivity index (χ2n) is 7.31. The van der Waals surface area contributed by atoms with Crippen molar-refractivity contribution in [1.82, 2.24) is 5.32 Å². The molecule has 0 fully saturated rings. The van der Waals surface area contributed by atoms with Crippen molar-refractivity contribution in [3.8, 4) is 5.75 Å². The normalized spacial score (nSPS) is 17.9. The van der Waals surface area contributed by atoms with Gasteiger partial charge in [-0.15, -0.1) is 11.3 Å². The number of anilines is 1. The molecule has 5 rings (SSSR count). The molecule has 0 saturated heterocycles. The fourth-order valence-corrected chi connectivity index (χ4v) is 5.26. The van der Waals surface area contributed by atoms with Crippen LogP contribution in [-0.4, -0.2) is 5.91 Å². The van der Waals surface area contributed by atoms with Gasteiger partial charge >= 0.3 is 0 Å². The standard InChI is InChI=1S/C23H22N2O2S/c26-22-20-18-8-4-5-9-19(18)28-23(20)25-21(24-22)16-10-12-17(13-11-16)27-14-15-6-2-1-3-7-15/h1-3,6-7,10-13,21,25H,4-5,8-9,14H2,(H,24,26)/t21-/m1/s1. The van der Waals surface area contributed by atoms with Gasteiger partial charge in [-0.3, -0.25) is 4.79 Å². The van der Waals surface area contributed by atoms with E-state index in [1.165, 1.54) is 23.3 Å². The van der Waals surface area contributed by atoms with E-state index in [0.717, 1.165) is 40.3 Å². The maximum absolute atomic E-state index is 12.8. The maximum atomic E-state index is 12.8. The molecule has 1 amide bonds. The lowest BCUT2D eigenvalue weighted by molar-refractivity contribution is 0.0935. The van der Waals surface area contributed by atoms with Crippen LogP contribution in [0.4, 0.5) is 5.00 Å². The number of amides is 1. The third-order valence-corrected chi connectivity index (χ3v) is 6.63. The number of benzene rings is 2. The third kappa shape index (κ3) is 3.27. The average Bonchev–Trinajstić information content (AvgIpc) is 3.12. The first kappa shape index (κ1) is 17.3. The van der Waals surface area contributed by atoms with Crippen LogP contribution in [0.15, 0.2) is 54.6 Å². The first-order valence-corrected chi connectivity index (χ1v) is 10.6. The van der Waals surface area contributed by atoms with Gasteiger partial charge in [-0.05, 0) is 54.5 Å². The number of aryl methyl sites for hydroxylation is 1. The summed E-state index contributed by atoms with van der Waals surface area (Å²) in [4.78, 5) is 14.1. The van der Waals surface area contributed by atoms with Crippen LogP contribution in [0.1, 0.15) is 50.9 Å². The number of rotatable bonds is 4. The molecule has 0 bridgehead atoms. The molecule has 2 aliphatic rings. The van der Waals surface area contributed by atoms with Crippen LogP contribution in [0.25, 0.3) is 0 Å². The van der Waals surface area contributed by atoms with E-state index < -0.39 is 0 Å². The smallest absolute Gasteiger partial charge is 0.256 e. The van der Waals surface area contributed by atoms with Crippen LogP contribution in [-0.2, 0) is 19.4 Å². The number of hydrogen-bond acceptors (Lipinski definition) is 4. The SMILES string of the molecule is O=C1N[C@@H](c2ccc(OCc3ccccc3)cc2)Nc2sc3c(c21)CCCC3. The van der Waals surface area contributed by atoms with E-state index in [1.807, 2.05) is 54.6 Å². The molecule has 142 valence electrons. The Balaban J connectivity index is 1.30. The van der Waals surface area contributed by atoms with Crippen molar-refractivity contribution in [3.63, 3.8) is 0 Å². The van der Waals surface area contributed by atoms with Crippen LogP contribution >= 0.6 is 11.3 Å². The molecular formula is C23H22N2O2S. The summed E-state index contributed by atoms with van der Waals surface area (Å²) < 4.78 is 5.86. The number of carbonyl (C=O) groups is 1. The van der Waals surface area contributed by atoms with Gasteiger partial charge in [0.05, 0.1) is 5.56 Å². The average molecular weight is 391 g/mol. The molecule has 0 radical (unpaired) electrons. The highest BCUT2D eigenvalue weighted by Gasteiger charge is 2.31. The molecule has 4 nitrogen and oxygen atoms in total. The summed E-state index contributed by atoms with van der Waals surface area (Å²) in [6.45, 7) is 0.544. The van der Waals surface area contributed by atoms with Gasteiger partial charge in [0.2, 0.25) is 0 Å². The Morgan fingerprint density at radius 2 is 1.75 bits per heavy atom. The predicted molar refractivity (Wildman–Crippen MR) is 112 cm³/mol. The van der Waals surface area contributed by atoms with Gasteiger partial charge in [-0.1, -0.05) is 42.5 Å². The summed E-state index contributed by atoms with van der Waals surface area (Å²) in [7, 11) is 0. The number of carbonyl (C=O) groups excluding carboxylic acids is 1. The van der Waals surface area contributed by atoms with Crippen LogP contribution in [0, 0.1) is 0 Å². The van der Waals surface area contributed by atoms with Gasteiger partial charge in [0.1, 0.15) is 23.5 Å². The van der Waals surface area contributed by atoms with E-state index in [-0.39, 0.29) is 12.1 Å². The Labute approximate surface area is 168 Å². The highest BCUT2D eigenvalue weighted by molar-refractivity contribution is 7.16. The molecule has 1 aliphatic carbocycles. The van der Waals surface area contributed by atoms with Crippen molar-refractivity contribution in [3.05, 3.63) is 81.7 Å². The van der Waals surface area contributed by atoms with Crippen molar-refractivity contribution in [1.29, 1.82) is 0 Å². The molecule has 1 aromatic heterocycles. The number of thiophene rings is 1. The van der Waals surface area contributed by atoms with Gasteiger partial charge < -0.3 is 15.4 Å². The van der Waals surface area contributed by atoms with E-state index in [2.05, 4.69) is 10.6 Å². The van der Waals surface area contributed by atoms with Crippen LogP contribution < -0.4 is 15.4 Å². The molecule has 0 unspecified atom stereocenters. The minimum absolute atomic E-state index is 0.0440. The summed E-state index contributed by atoms with van der Waals surface area (Å²) in [5.74, 6) is 0.865. The molecule has 2 heterocycles. The van der Waals surface area contributed by atoms with Gasteiger partial charge in [0.15, 0.2) is 0 Å². The Morgan fingerprint density at radius 3 is 2.57 bits per heavy atom. The Kier molecular flexibility index (Phi) is 4.53. The fraction of sp³-hybridized carbons (Fsp3) is 0.261. The van der Waals surface area contributed by atoms with E-state index in [4.69, 9.17) is 4.74 Å². The topological polar surface area (TPSA) is 50.4 Å². The molecule has 2 N–H and O–H groups in total. The second kappa shape index (κ2) is 7.32.